The molecule has 0 radical (unpaired) electrons. The van der Waals surface area contributed by atoms with Crippen LogP contribution in [0.4, 0.5) is 0 Å². The van der Waals surface area contributed by atoms with Crippen molar-refractivity contribution in [2.45, 2.75) is 84.0 Å². The molecule has 1 aliphatic carbocycles. The number of piperazine rings is 1. The molecular formula is C17H35N3. The van der Waals surface area contributed by atoms with Crippen LogP contribution in [-0.2, 0) is 0 Å². The van der Waals surface area contributed by atoms with Crippen molar-refractivity contribution in [2.24, 2.45) is 0 Å². The first-order valence-corrected chi connectivity index (χ1v) is 8.61. The number of rotatable bonds is 3. The van der Waals surface area contributed by atoms with E-state index in [9.17, 15) is 0 Å². The van der Waals surface area contributed by atoms with Crippen LogP contribution in [-0.4, -0.2) is 59.6 Å². The fourth-order valence-corrected chi connectivity index (χ4v) is 3.86. The molecule has 3 nitrogen and oxygen atoms in total. The normalized spacial score (nSPS) is 30.9. The van der Waals surface area contributed by atoms with Gasteiger partial charge in [0.2, 0.25) is 0 Å². The lowest BCUT2D eigenvalue weighted by atomic mass is 9.88. The first-order valence-electron chi connectivity index (χ1n) is 8.61. The summed E-state index contributed by atoms with van der Waals surface area (Å²) >= 11 is 0. The van der Waals surface area contributed by atoms with Gasteiger partial charge in [-0.05, 0) is 53.9 Å². The third-order valence-corrected chi connectivity index (χ3v) is 4.88. The summed E-state index contributed by atoms with van der Waals surface area (Å²) in [7, 11) is 0. The Hall–Kier alpha value is -0.120. The molecule has 3 heteroatoms. The van der Waals surface area contributed by atoms with Crippen molar-refractivity contribution < 1.29 is 0 Å². The molecule has 1 heterocycles. The molecule has 2 aliphatic rings. The molecule has 0 spiro atoms. The quantitative estimate of drug-likeness (QED) is 0.858. The zero-order chi connectivity index (χ0) is 14.8. The predicted molar refractivity (Wildman–Crippen MR) is 87.2 cm³/mol. The Bertz CT molecular complexity index is 287. The Kier molecular flexibility index (Phi) is 5.49. The van der Waals surface area contributed by atoms with E-state index in [-0.39, 0.29) is 5.54 Å². The fraction of sp³-hybridized carbons (Fsp3) is 1.00. The maximum atomic E-state index is 3.82. The number of hydrogen-bond donors (Lipinski definition) is 1. The van der Waals surface area contributed by atoms with Crippen molar-refractivity contribution in [3.05, 3.63) is 0 Å². The summed E-state index contributed by atoms with van der Waals surface area (Å²) in [5.74, 6) is 0. The van der Waals surface area contributed by atoms with Gasteiger partial charge in [-0.2, -0.15) is 0 Å². The Labute approximate surface area is 126 Å². The highest BCUT2D eigenvalue weighted by atomic mass is 15.3. The average molecular weight is 281 g/mol. The van der Waals surface area contributed by atoms with Gasteiger partial charge in [0.1, 0.15) is 0 Å². The van der Waals surface area contributed by atoms with Gasteiger partial charge in [0.25, 0.3) is 0 Å². The minimum atomic E-state index is 0.253. The molecule has 0 bridgehead atoms. The van der Waals surface area contributed by atoms with Crippen molar-refractivity contribution in [3.63, 3.8) is 0 Å². The summed E-state index contributed by atoms with van der Waals surface area (Å²) in [5, 5.41) is 3.82. The molecule has 2 rings (SSSR count). The van der Waals surface area contributed by atoms with Gasteiger partial charge in [-0.1, -0.05) is 6.42 Å². The first-order chi connectivity index (χ1) is 9.35. The molecule has 1 saturated heterocycles. The molecule has 2 fully saturated rings. The van der Waals surface area contributed by atoms with Gasteiger partial charge in [-0.3, -0.25) is 9.80 Å². The summed E-state index contributed by atoms with van der Waals surface area (Å²) < 4.78 is 0. The highest BCUT2D eigenvalue weighted by molar-refractivity contribution is 4.89. The van der Waals surface area contributed by atoms with Crippen LogP contribution in [0.5, 0.6) is 0 Å². The summed E-state index contributed by atoms with van der Waals surface area (Å²) in [6.07, 6.45) is 5.51. The largest absolute Gasteiger partial charge is 0.309 e. The van der Waals surface area contributed by atoms with Gasteiger partial charge in [-0.15, -0.1) is 0 Å². The third kappa shape index (κ3) is 4.71. The van der Waals surface area contributed by atoms with Crippen LogP contribution in [0.15, 0.2) is 0 Å². The van der Waals surface area contributed by atoms with E-state index < -0.39 is 0 Å². The zero-order valence-electron chi connectivity index (χ0n) is 14.3. The smallest absolute Gasteiger partial charge is 0.0113 e. The van der Waals surface area contributed by atoms with Crippen LogP contribution >= 0.6 is 0 Å². The van der Waals surface area contributed by atoms with Crippen LogP contribution in [0.3, 0.4) is 0 Å². The second kappa shape index (κ2) is 6.76. The van der Waals surface area contributed by atoms with Gasteiger partial charge in [0.05, 0.1) is 0 Å². The second-order valence-corrected chi connectivity index (χ2v) is 8.08. The highest BCUT2D eigenvalue weighted by Gasteiger charge is 2.30. The average Bonchev–Trinajstić information content (AvgIpc) is 2.37. The van der Waals surface area contributed by atoms with Gasteiger partial charge in [0.15, 0.2) is 0 Å². The first kappa shape index (κ1) is 16.3. The van der Waals surface area contributed by atoms with Crippen molar-refractivity contribution in [1.29, 1.82) is 0 Å². The van der Waals surface area contributed by atoms with E-state index in [2.05, 4.69) is 49.7 Å². The lowest BCUT2D eigenvalue weighted by Crippen LogP contribution is -2.55. The minimum absolute atomic E-state index is 0.253. The van der Waals surface area contributed by atoms with Crippen molar-refractivity contribution in [3.8, 4) is 0 Å². The Morgan fingerprint density at radius 2 is 1.65 bits per heavy atom. The number of hydrogen-bond acceptors (Lipinski definition) is 3. The van der Waals surface area contributed by atoms with Crippen LogP contribution in [0, 0.1) is 0 Å². The minimum Gasteiger partial charge on any atom is -0.309 e. The number of nitrogens with zero attached hydrogens (tertiary/aromatic N) is 2. The molecule has 0 amide bonds. The summed E-state index contributed by atoms with van der Waals surface area (Å²) in [5.41, 5.74) is 0.253. The van der Waals surface area contributed by atoms with Crippen molar-refractivity contribution >= 4 is 0 Å². The molecule has 0 aromatic rings. The maximum absolute atomic E-state index is 3.82. The molecule has 0 aromatic carbocycles. The second-order valence-electron chi connectivity index (χ2n) is 8.08. The molecule has 0 unspecified atom stereocenters. The Balaban J connectivity index is 1.81. The summed E-state index contributed by atoms with van der Waals surface area (Å²) in [4.78, 5) is 5.37. The Morgan fingerprint density at radius 1 is 1.00 bits per heavy atom. The summed E-state index contributed by atoms with van der Waals surface area (Å²) in [6.45, 7) is 16.6. The van der Waals surface area contributed by atoms with E-state index in [1.807, 2.05) is 0 Å². The maximum Gasteiger partial charge on any atom is 0.0113 e. The molecule has 1 N–H and O–H groups in total. The van der Waals surface area contributed by atoms with E-state index in [0.717, 1.165) is 12.1 Å². The predicted octanol–water partition coefficient (Wildman–Crippen LogP) is 2.71. The zero-order valence-corrected chi connectivity index (χ0v) is 14.3. The topological polar surface area (TPSA) is 18.5 Å². The highest BCUT2D eigenvalue weighted by Crippen LogP contribution is 2.25. The molecule has 20 heavy (non-hydrogen) atoms. The molecule has 1 saturated carbocycles. The van der Waals surface area contributed by atoms with Gasteiger partial charge < -0.3 is 5.32 Å². The molecule has 2 atom stereocenters. The van der Waals surface area contributed by atoms with Gasteiger partial charge in [-0.25, -0.2) is 0 Å². The monoisotopic (exact) mass is 281 g/mol. The molecular weight excluding hydrogens is 246 g/mol. The molecule has 118 valence electrons. The number of nitrogens with one attached hydrogen (secondary N) is 1. The van der Waals surface area contributed by atoms with E-state index >= 15 is 0 Å². The fourth-order valence-electron chi connectivity index (χ4n) is 3.86. The van der Waals surface area contributed by atoms with E-state index in [4.69, 9.17) is 0 Å². The molecule has 0 aromatic heterocycles. The van der Waals surface area contributed by atoms with Crippen molar-refractivity contribution in [1.82, 2.24) is 15.1 Å². The van der Waals surface area contributed by atoms with Crippen LogP contribution in [0.25, 0.3) is 0 Å². The van der Waals surface area contributed by atoms with E-state index in [0.29, 0.717) is 6.04 Å². The van der Waals surface area contributed by atoms with Gasteiger partial charge >= 0.3 is 0 Å². The van der Waals surface area contributed by atoms with E-state index in [1.165, 1.54) is 51.9 Å². The van der Waals surface area contributed by atoms with Crippen molar-refractivity contribution in [2.75, 3.05) is 26.2 Å². The molecule has 1 aliphatic heterocycles. The third-order valence-electron chi connectivity index (χ3n) is 4.88. The van der Waals surface area contributed by atoms with Crippen LogP contribution in [0.1, 0.15) is 60.3 Å². The lowest BCUT2D eigenvalue weighted by Gasteiger charge is -2.44. The van der Waals surface area contributed by atoms with E-state index in [1.54, 1.807) is 0 Å². The standard InChI is InChI=1S/C17H35N3/c1-14(2)19-9-11-20(12-10-19)16-8-6-7-15(13-16)18-17(3,4)5/h14-16,18H,6-13H2,1-5H3/t15-,16+/m0/s1. The van der Waals surface area contributed by atoms with Crippen LogP contribution < -0.4 is 5.32 Å². The Morgan fingerprint density at radius 3 is 2.20 bits per heavy atom. The lowest BCUT2D eigenvalue weighted by molar-refractivity contribution is 0.0563. The summed E-state index contributed by atoms with van der Waals surface area (Å²) in [6, 6.07) is 2.24. The van der Waals surface area contributed by atoms with Gasteiger partial charge in [0, 0.05) is 49.8 Å². The SMILES string of the molecule is CC(C)N1CCN([C@@H]2CCC[C@H](NC(C)(C)C)C2)CC1. The van der Waals surface area contributed by atoms with Crippen LogP contribution in [0.2, 0.25) is 0 Å².